The van der Waals surface area contributed by atoms with Crippen LogP contribution in [0, 0.1) is 0 Å². The summed E-state index contributed by atoms with van der Waals surface area (Å²) >= 11 is 1.68. The average molecular weight is 356 g/mol. The summed E-state index contributed by atoms with van der Waals surface area (Å²) in [5.74, 6) is 0.930. The van der Waals surface area contributed by atoms with Crippen LogP contribution in [0.3, 0.4) is 0 Å². The Morgan fingerprint density at radius 2 is 2.20 bits per heavy atom. The van der Waals surface area contributed by atoms with E-state index in [0.717, 1.165) is 31.7 Å². The molecule has 0 saturated carbocycles. The van der Waals surface area contributed by atoms with Crippen molar-refractivity contribution in [3.05, 3.63) is 42.1 Å². The lowest BCUT2D eigenvalue weighted by Crippen LogP contribution is -2.43. The topological polar surface area (TPSA) is 58.6 Å². The minimum Gasteiger partial charge on any atom is -0.458 e. The molecular weight excluding hydrogens is 336 g/mol. The summed E-state index contributed by atoms with van der Waals surface area (Å²) in [5.41, 5.74) is 1.30. The number of aromatic nitrogens is 2. The van der Waals surface area contributed by atoms with Crippen molar-refractivity contribution in [2.24, 2.45) is 0 Å². The van der Waals surface area contributed by atoms with E-state index in [9.17, 15) is 4.79 Å². The summed E-state index contributed by atoms with van der Waals surface area (Å²) in [5, 5.41) is 0. The third-order valence-corrected chi connectivity index (χ3v) is 5.60. The lowest BCUT2D eigenvalue weighted by molar-refractivity contribution is -0.131. The Balaban J connectivity index is 1.45. The van der Waals surface area contributed by atoms with Crippen LogP contribution in [0.5, 0.6) is 6.01 Å². The molecule has 1 atom stereocenters. The van der Waals surface area contributed by atoms with Crippen molar-refractivity contribution in [3.8, 4) is 6.01 Å². The molecule has 3 heterocycles. The number of likely N-dealkylation sites (tertiary alicyclic amines) is 1. The molecule has 2 aliphatic heterocycles. The van der Waals surface area contributed by atoms with Crippen LogP contribution in [0.4, 0.5) is 5.82 Å². The molecule has 6 nitrogen and oxygen atoms in total. The fraction of sp³-hybridized carbons (Fsp3) is 0.389. The van der Waals surface area contributed by atoms with E-state index < -0.39 is 0 Å². The normalized spacial score (nSPS) is 19.6. The number of rotatable bonds is 3. The molecule has 2 aromatic rings. The zero-order valence-corrected chi connectivity index (χ0v) is 14.9. The number of ether oxygens (including phenoxy) is 1. The van der Waals surface area contributed by atoms with Crippen LogP contribution in [0.25, 0.3) is 0 Å². The maximum atomic E-state index is 11.6. The fourth-order valence-electron chi connectivity index (χ4n) is 3.15. The van der Waals surface area contributed by atoms with Gasteiger partial charge in [-0.3, -0.25) is 9.10 Å². The number of fused-ring (bicyclic) bond motifs is 1. The van der Waals surface area contributed by atoms with Crippen LogP contribution >= 0.6 is 11.9 Å². The smallest absolute Gasteiger partial charge is 0.318 e. The van der Waals surface area contributed by atoms with Crippen LogP contribution in [0.15, 0.2) is 41.4 Å². The molecule has 2 aliphatic rings. The van der Waals surface area contributed by atoms with Gasteiger partial charge in [-0.2, -0.15) is 4.98 Å². The predicted molar refractivity (Wildman–Crippen MR) is 96.4 cm³/mol. The first kappa shape index (κ1) is 16.2. The molecule has 4 rings (SSSR count). The Hall–Kier alpha value is -2.28. The first-order valence-corrected chi connectivity index (χ1v) is 9.25. The van der Waals surface area contributed by atoms with Crippen LogP contribution in [-0.4, -0.2) is 40.0 Å². The van der Waals surface area contributed by atoms with Gasteiger partial charge in [0.15, 0.2) is 0 Å². The van der Waals surface area contributed by atoms with E-state index >= 15 is 0 Å². The molecule has 1 aromatic heterocycles. The number of hydrogen-bond donors (Lipinski definition) is 0. The summed E-state index contributed by atoms with van der Waals surface area (Å²) in [6.07, 6.45) is 3.55. The van der Waals surface area contributed by atoms with Gasteiger partial charge in [0.25, 0.3) is 0 Å². The third kappa shape index (κ3) is 3.56. The number of carbonyl (C=O) groups excluding carboxylic acids is 1. The maximum absolute atomic E-state index is 11.6. The standard InChI is InChI=1S/C18H20N4O2S/c1-13(23)21-10-4-6-15(12-21)24-18-19-9-8-17(20-18)22-11-14-5-2-3-7-16(14)25-22/h2-3,5,7-9,15H,4,6,10-12H2,1H3. The van der Waals surface area contributed by atoms with E-state index in [1.165, 1.54) is 10.5 Å². The van der Waals surface area contributed by atoms with Crippen molar-refractivity contribution in [3.63, 3.8) is 0 Å². The highest BCUT2D eigenvalue weighted by atomic mass is 32.2. The molecule has 130 valence electrons. The van der Waals surface area contributed by atoms with Gasteiger partial charge in [-0.25, -0.2) is 4.98 Å². The first-order chi connectivity index (χ1) is 12.2. The van der Waals surface area contributed by atoms with Crippen molar-refractivity contribution in [2.45, 2.75) is 37.3 Å². The molecule has 1 unspecified atom stereocenters. The van der Waals surface area contributed by atoms with E-state index in [1.54, 1.807) is 25.1 Å². The van der Waals surface area contributed by atoms with Crippen LogP contribution < -0.4 is 9.04 Å². The van der Waals surface area contributed by atoms with Gasteiger partial charge in [-0.05, 0) is 36.4 Å². The summed E-state index contributed by atoms with van der Waals surface area (Å²) in [6, 6.07) is 10.6. The highest BCUT2D eigenvalue weighted by Crippen LogP contribution is 2.38. The summed E-state index contributed by atoms with van der Waals surface area (Å²) in [6.45, 7) is 3.83. The molecule has 0 spiro atoms. The molecule has 1 saturated heterocycles. The maximum Gasteiger partial charge on any atom is 0.318 e. The molecule has 0 aliphatic carbocycles. The Morgan fingerprint density at radius 3 is 3.04 bits per heavy atom. The van der Waals surface area contributed by atoms with Crippen LogP contribution in [-0.2, 0) is 11.3 Å². The molecule has 1 amide bonds. The van der Waals surface area contributed by atoms with Gasteiger partial charge in [-0.1, -0.05) is 18.2 Å². The summed E-state index contributed by atoms with van der Waals surface area (Å²) in [7, 11) is 0. The molecule has 1 fully saturated rings. The monoisotopic (exact) mass is 356 g/mol. The van der Waals surface area contributed by atoms with Gasteiger partial charge >= 0.3 is 6.01 Å². The van der Waals surface area contributed by atoms with Gasteiger partial charge in [0, 0.05) is 30.6 Å². The molecular formula is C18H20N4O2S. The molecule has 7 heteroatoms. The Bertz CT molecular complexity index is 760. The highest BCUT2D eigenvalue weighted by molar-refractivity contribution is 8.01. The largest absolute Gasteiger partial charge is 0.458 e. The summed E-state index contributed by atoms with van der Waals surface area (Å²) in [4.78, 5) is 23.5. The minimum atomic E-state index is -0.0451. The average Bonchev–Trinajstić information content (AvgIpc) is 3.06. The Kier molecular flexibility index (Phi) is 4.48. The molecule has 25 heavy (non-hydrogen) atoms. The van der Waals surface area contributed by atoms with E-state index in [-0.39, 0.29) is 12.0 Å². The number of benzene rings is 1. The molecule has 0 bridgehead atoms. The van der Waals surface area contributed by atoms with E-state index in [2.05, 4.69) is 32.5 Å². The zero-order chi connectivity index (χ0) is 17.2. The van der Waals surface area contributed by atoms with Gasteiger partial charge in [0.2, 0.25) is 5.91 Å². The van der Waals surface area contributed by atoms with Crippen LogP contribution in [0.1, 0.15) is 25.3 Å². The Labute approximate surface area is 151 Å². The number of carbonyl (C=O) groups is 1. The van der Waals surface area contributed by atoms with E-state index in [4.69, 9.17) is 4.74 Å². The molecule has 0 radical (unpaired) electrons. The zero-order valence-electron chi connectivity index (χ0n) is 14.1. The van der Waals surface area contributed by atoms with E-state index in [1.807, 2.05) is 17.0 Å². The van der Waals surface area contributed by atoms with Crippen molar-refractivity contribution >= 4 is 23.7 Å². The van der Waals surface area contributed by atoms with Crippen molar-refractivity contribution in [1.82, 2.24) is 14.9 Å². The lowest BCUT2D eigenvalue weighted by atomic mass is 10.1. The van der Waals surface area contributed by atoms with Gasteiger partial charge < -0.3 is 9.64 Å². The minimum absolute atomic E-state index is 0.0451. The second kappa shape index (κ2) is 6.92. The van der Waals surface area contributed by atoms with E-state index in [0.29, 0.717) is 12.6 Å². The third-order valence-electron chi connectivity index (χ3n) is 4.46. The summed E-state index contributed by atoms with van der Waals surface area (Å²) < 4.78 is 8.10. The number of hydrogen-bond acceptors (Lipinski definition) is 6. The number of nitrogens with zero attached hydrogens (tertiary/aromatic N) is 4. The Morgan fingerprint density at radius 1 is 1.32 bits per heavy atom. The van der Waals surface area contributed by atoms with Gasteiger partial charge in [0.1, 0.15) is 11.9 Å². The molecule has 0 N–H and O–H groups in total. The SMILES string of the molecule is CC(=O)N1CCCC(Oc2nccc(N3Cc4ccccc4S3)n2)C1. The van der Waals surface area contributed by atoms with Crippen molar-refractivity contribution in [2.75, 3.05) is 17.4 Å². The second-order valence-corrected chi connectivity index (χ2v) is 7.34. The molecule has 1 aromatic carbocycles. The van der Waals surface area contributed by atoms with Crippen molar-refractivity contribution < 1.29 is 9.53 Å². The highest BCUT2D eigenvalue weighted by Gasteiger charge is 2.25. The van der Waals surface area contributed by atoms with Crippen molar-refractivity contribution in [1.29, 1.82) is 0 Å². The van der Waals surface area contributed by atoms with Gasteiger partial charge in [0.05, 0.1) is 13.1 Å². The first-order valence-electron chi connectivity index (χ1n) is 8.47. The number of anilines is 1. The second-order valence-electron chi connectivity index (χ2n) is 6.28. The number of amides is 1. The quantitative estimate of drug-likeness (QED) is 0.788. The van der Waals surface area contributed by atoms with Crippen LogP contribution in [0.2, 0.25) is 0 Å². The predicted octanol–water partition coefficient (Wildman–Crippen LogP) is 2.89. The lowest BCUT2D eigenvalue weighted by Gasteiger charge is -2.31. The fourth-order valence-corrected chi connectivity index (χ4v) is 4.18. The number of piperidine rings is 1. The van der Waals surface area contributed by atoms with Gasteiger partial charge in [-0.15, -0.1) is 0 Å².